The molecule has 2 aromatic rings. The normalized spacial score (nSPS) is 18.5. The molecule has 2 heterocycles. The number of methoxy groups -OCH3 is 1. The average molecular weight is 450 g/mol. The summed E-state index contributed by atoms with van der Waals surface area (Å²) in [4.78, 5) is 43.7. The van der Waals surface area contributed by atoms with Crippen molar-refractivity contribution < 1.29 is 19.1 Å². The maximum Gasteiger partial charge on any atom is 0.228 e. The first kappa shape index (κ1) is 22.8. The maximum atomic E-state index is 13.1. The van der Waals surface area contributed by atoms with Crippen LogP contribution in [0.15, 0.2) is 48.5 Å². The number of nitrogens with zero attached hydrogens (tertiary/aromatic N) is 3. The molecule has 2 aliphatic rings. The van der Waals surface area contributed by atoms with E-state index in [2.05, 4.69) is 0 Å². The van der Waals surface area contributed by atoms with Crippen LogP contribution >= 0.6 is 0 Å². The van der Waals surface area contributed by atoms with Crippen LogP contribution in [0.4, 0.5) is 0 Å². The summed E-state index contributed by atoms with van der Waals surface area (Å²) < 4.78 is 5.23. The number of ether oxygens (including phenoxy) is 1. The van der Waals surface area contributed by atoms with E-state index in [1.807, 2.05) is 65.3 Å². The predicted octanol–water partition coefficient (Wildman–Crippen LogP) is 2.27. The summed E-state index contributed by atoms with van der Waals surface area (Å²) in [6.45, 7) is 5.07. The van der Waals surface area contributed by atoms with Crippen LogP contribution in [0.25, 0.3) is 0 Å². The summed E-state index contributed by atoms with van der Waals surface area (Å²) in [6, 6.07) is 15.6. The Kier molecular flexibility index (Phi) is 6.96. The van der Waals surface area contributed by atoms with E-state index in [4.69, 9.17) is 4.74 Å². The van der Waals surface area contributed by atoms with E-state index in [9.17, 15) is 14.4 Å². The molecule has 2 saturated heterocycles. The molecule has 2 fully saturated rings. The third-order valence-corrected chi connectivity index (χ3v) is 6.49. The zero-order valence-electron chi connectivity index (χ0n) is 19.3. The fourth-order valence-corrected chi connectivity index (χ4v) is 4.51. The second-order valence-corrected chi connectivity index (χ2v) is 8.90. The Bertz CT molecular complexity index is 1010. The monoisotopic (exact) mass is 449 g/mol. The van der Waals surface area contributed by atoms with Crippen LogP contribution in [0.1, 0.15) is 23.1 Å². The van der Waals surface area contributed by atoms with E-state index in [0.717, 1.165) is 16.9 Å². The largest absolute Gasteiger partial charge is 0.497 e. The quantitative estimate of drug-likeness (QED) is 0.679. The van der Waals surface area contributed by atoms with Gasteiger partial charge >= 0.3 is 0 Å². The van der Waals surface area contributed by atoms with Crippen LogP contribution in [-0.2, 0) is 27.3 Å². The molecule has 0 N–H and O–H groups in total. The van der Waals surface area contributed by atoms with Crippen molar-refractivity contribution in [3.05, 3.63) is 65.2 Å². The third kappa shape index (κ3) is 5.53. The minimum absolute atomic E-state index is 0.0228. The Balaban J connectivity index is 1.27. The molecule has 0 saturated carbocycles. The van der Waals surface area contributed by atoms with Gasteiger partial charge in [0, 0.05) is 45.7 Å². The number of aryl methyl sites for hydroxylation is 1. The second kappa shape index (κ2) is 10.1. The van der Waals surface area contributed by atoms with Gasteiger partial charge in [0.15, 0.2) is 0 Å². The third-order valence-electron chi connectivity index (χ3n) is 6.49. The first-order chi connectivity index (χ1) is 15.9. The van der Waals surface area contributed by atoms with Crippen LogP contribution in [0, 0.1) is 12.8 Å². The van der Waals surface area contributed by atoms with Crippen molar-refractivity contribution in [3.63, 3.8) is 0 Å². The standard InChI is InChI=1S/C26H31N3O4/c1-19-6-8-20(9-7-19)17-29-18-22(16-25(29)31)26(32)28-12-10-27(11-13-28)24(30)15-21-4-3-5-23(14-21)33-2/h3-9,14,22H,10-13,15-18H2,1-2H3. The molecule has 2 aliphatic heterocycles. The molecule has 2 aromatic carbocycles. The number of carbonyl (C=O) groups is 3. The molecule has 0 spiro atoms. The van der Waals surface area contributed by atoms with Crippen LogP contribution in [0.3, 0.4) is 0 Å². The van der Waals surface area contributed by atoms with Gasteiger partial charge in [-0.2, -0.15) is 0 Å². The van der Waals surface area contributed by atoms with Crippen molar-refractivity contribution in [1.82, 2.24) is 14.7 Å². The SMILES string of the molecule is COc1cccc(CC(=O)N2CCN(C(=O)C3CC(=O)N(Cc4ccc(C)cc4)C3)CC2)c1. The molecule has 0 aliphatic carbocycles. The van der Waals surface area contributed by atoms with Crippen LogP contribution < -0.4 is 4.74 Å². The van der Waals surface area contributed by atoms with E-state index < -0.39 is 0 Å². The van der Waals surface area contributed by atoms with Crippen molar-refractivity contribution >= 4 is 17.7 Å². The number of hydrogen-bond donors (Lipinski definition) is 0. The minimum atomic E-state index is -0.304. The van der Waals surface area contributed by atoms with Gasteiger partial charge in [-0.3, -0.25) is 14.4 Å². The molecular weight excluding hydrogens is 418 g/mol. The summed E-state index contributed by atoms with van der Waals surface area (Å²) in [5.74, 6) is 0.534. The molecule has 7 heteroatoms. The van der Waals surface area contributed by atoms with Gasteiger partial charge in [0.05, 0.1) is 19.4 Å². The molecule has 7 nitrogen and oxygen atoms in total. The van der Waals surface area contributed by atoms with Gasteiger partial charge in [0.2, 0.25) is 17.7 Å². The lowest BCUT2D eigenvalue weighted by Gasteiger charge is -2.36. The van der Waals surface area contributed by atoms with E-state index in [-0.39, 0.29) is 30.1 Å². The lowest BCUT2D eigenvalue weighted by atomic mass is 10.1. The lowest BCUT2D eigenvalue weighted by Crippen LogP contribution is -2.52. The minimum Gasteiger partial charge on any atom is -0.497 e. The average Bonchev–Trinajstić information content (AvgIpc) is 3.20. The summed E-state index contributed by atoms with van der Waals surface area (Å²) in [5.41, 5.74) is 3.17. The second-order valence-electron chi connectivity index (χ2n) is 8.90. The van der Waals surface area contributed by atoms with E-state index in [1.54, 1.807) is 12.0 Å². The first-order valence-corrected chi connectivity index (χ1v) is 11.5. The summed E-state index contributed by atoms with van der Waals surface area (Å²) in [6.07, 6.45) is 0.579. The maximum absolute atomic E-state index is 13.1. The molecular formula is C26H31N3O4. The van der Waals surface area contributed by atoms with Crippen molar-refractivity contribution in [3.8, 4) is 5.75 Å². The van der Waals surface area contributed by atoms with E-state index >= 15 is 0 Å². The van der Waals surface area contributed by atoms with Crippen molar-refractivity contribution in [2.24, 2.45) is 5.92 Å². The van der Waals surface area contributed by atoms with E-state index in [0.29, 0.717) is 45.7 Å². The van der Waals surface area contributed by atoms with Gasteiger partial charge in [-0.15, -0.1) is 0 Å². The van der Waals surface area contributed by atoms with Gasteiger partial charge in [0.1, 0.15) is 5.75 Å². The summed E-state index contributed by atoms with van der Waals surface area (Å²) in [7, 11) is 1.61. The number of rotatable bonds is 6. The molecule has 1 unspecified atom stereocenters. The van der Waals surface area contributed by atoms with E-state index in [1.165, 1.54) is 5.56 Å². The number of carbonyl (C=O) groups excluding carboxylic acids is 3. The number of amides is 3. The number of hydrogen-bond acceptors (Lipinski definition) is 4. The van der Waals surface area contributed by atoms with Gasteiger partial charge in [-0.05, 0) is 30.2 Å². The summed E-state index contributed by atoms with van der Waals surface area (Å²) in [5, 5.41) is 0. The van der Waals surface area contributed by atoms with Gasteiger partial charge < -0.3 is 19.4 Å². The highest BCUT2D eigenvalue weighted by Crippen LogP contribution is 2.23. The molecule has 0 aromatic heterocycles. The highest BCUT2D eigenvalue weighted by atomic mass is 16.5. The summed E-state index contributed by atoms with van der Waals surface area (Å²) >= 11 is 0. The Morgan fingerprint density at radius 3 is 2.36 bits per heavy atom. The number of piperazine rings is 1. The van der Waals surface area contributed by atoms with Crippen LogP contribution in [-0.4, -0.2) is 72.3 Å². The van der Waals surface area contributed by atoms with Crippen molar-refractivity contribution in [2.45, 2.75) is 26.3 Å². The van der Waals surface area contributed by atoms with Gasteiger partial charge in [0.25, 0.3) is 0 Å². The fourth-order valence-electron chi connectivity index (χ4n) is 4.51. The Morgan fingerprint density at radius 1 is 0.970 bits per heavy atom. The molecule has 33 heavy (non-hydrogen) atoms. The molecule has 4 rings (SSSR count). The highest BCUT2D eigenvalue weighted by molar-refractivity contribution is 5.89. The van der Waals surface area contributed by atoms with Gasteiger partial charge in [-0.1, -0.05) is 42.0 Å². The number of likely N-dealkylation sites (tertiary alicyclic amines) is 1. The molecule has 1 atom stereocenters. The zero-order valence-corrected chi connectivity index (χ0v) is 19.3. The van der Waals surface area contributed by atoms with Crippen LogP contribution in [0.5, 0.6) is 5.75 Å². The van der Waals surface area contributed by atoms with Crippen molar-refractivity contribution in [1.29, 1.82) is 0 Å². The predicted molar refractivity (Wildman–Crippen MR) is 125 cm³/mol. The Morgan fingerprint density at radius 2 is 1.67 bits per heavy atom. The number of benzene rings is 2. The molecule has 0 radical (unpaired) electrons. The van der Waals surface area contributed by atoms with Gasteiger partial charge in [-0.25, -0.2) is 0 Å². The topological polar surface area (TPSA) is 70.2 Å². The first-order valence-electron chi connectivity index (χ1n) is 11.5. The van der Waals surface area contributed by atoms with Crippen molar-refractivity contribution in [2.75, 3.05) is 39.8 Å². The Hall–Kier alpha value is -3.35. The molecule has 3 amide bonds. The smallest absolute Gasteiger partial charge is 0.228 e. The fraction of sp³-hybridized carbons (Fsp3) is 0.423. The molecule has 0 bridgehead atoms. The zero-order chi connectivity index (χ0) is 23.4. The molecule has 174 valence electrons. The highest BCUT2D eigenvalue weighted by Gasteiger charge is 2.37. The van der Waals surface area contributed by atoms with Crippen LogP contribution in [0.2, 0.25) is 0 Å². The lowest BCUT2D eigenvalue weighted by molar-refractivity contribution is -0.141. The Labute approximate surface area is 194 Å².